The number of carbonyl (C=O) groups excluding carboxylic acids is 1. The van der Waals surface area contributed by atoms with Crippen LogP contribution in [-0.2, 0) is 4.79 Å². The zero-order valence-electron chi connectivity index (χ0n) is 10.2. The third-order valence-electron chi connectivity index (χ3n) is 3.64. The summed E-state index contributed by atoms with van der Waals surface area (Å²) in [7, 11) is 0. The zero-order valence-corrected chi connectivity index (χ0v) is 10.2. The maximum atomic E-state index is 11.6. The third kappa shape index (κ3) is 2.74. The van der Waals surface area contributed by atoms with Gasteiger partial charge in [0, 0.05) is 6.54 Å². The summed E-state index contributed by atoms with van der Waals surface area (Å²) in [6, 6.07) is 0. The lowest BCUT2D eigenvalue weighted by Gasteiger charge is -2.24. The molecule has 0 aromatic rings. The lowest BCUT2D eigenvalue weighted by Crippen LogP contribution is -2.38. The number of nitrogens with zero attached hydrogens (tertiary/aromatic N) is 2. The molecule has 4 nitrogen and oxygen atoms in total. The average Bonchev–Trinajstić information content (AvgIpc) is 2.90. The molecule has 16 heavy (non-hydrogen) atoms. The summed E-state index contributed by atoms with van der Waals surface area (Å²) in [4.78, 5) is 16.1. The van der Waals surface area contributed by atoms with Crippen LogP contribution in [0.3, 0.4) is 0 Å². The molecule has 0 spiro atoms. The summed E-state index contributed by atoms with van der Waals surface area (Å²) >= 11 is 0. The fourth-order valence-corrected chi connectivity index (χ4v) is 2.71. The van der Waals surface area contributed by atoms with Crippen molar-refractivity contribution in [2.45, 2.75) is 38.8 Å². The molecular weight excluding hydrogens is 202 g/mol. The highest BCUT2D eigenvalue weighted by Crippen LogP contribution is 2.11. The molecule has 0 bridgehead atoms. The number of carbonyl (C=O) groups is 1. The lowest BCUT2D eigenvalue weighted by atomic mass is 10.3. The van der Waals surface area contributed by atoms with E-state index in [-0.39, 0.29) is 12.1 Å². The molecule has 2 heterocycles. The molecule has 1 amide bonds. The standard InChI is InChI=1S/C12H23N3O/c1-2-11-13-10-12(16)15(11)9-5-8-14-6-3-4-7-14/h11,13H,2-10H2,1H3. The Hall–Kier alpha value is -0.610. The molecule has 2 rings (SSSR count). The van der Waals surface area contributed by atoms with E-state index in [9.17, 15) is 4.79 Å². The molecule has 1 unspecified atom stereocenters. The van der Waals surface area contributed by atoms with Crippen LogP contribution in [0.25, 0.3) is 0 Å². The molecule has 1 N–H and O–H groups in total. The van der Waals surface area contributed by atoms with Crippen molar-refractivity contribution in [3.8, 4) is 0 Å². The Morgan fingerprint density at radius 2 is 2.06 bits per heavy atom. The summed E-state index contributed by atoms with van der Waals surface area (Å²) < 4.78 is 0. The number of amides is 1. The molecular formula is C12H23N3O. The molecule has 1 atom stereocenters. The van der Waals surface area contributed by atoms with Gasteiger partial charge in [0.2, 0.25) is 5.91 Å². The highest BCUT2D eigenvalue weighted by molar-refractivity contribution is 5.80. The SMILES string of the molecule is CCC1NCC(=O)N1CCCN1CCCC1. The summed E-state index contributed by atoms with van der Waals surface area (Å²) in [5, 5.41) is 3.25. The quantitative estimate of drug-likeness (QED) is 0.746. The van der Waals surface area contributed by atoms with Gasteiger partial charge in [-0.05, 0) is 45.3 Å². The highest BCUT2D eigenvalue weighted by Gasteiger charge is 2.28. The summed E-state index contributed by atoms with van der Waals surface area (Å²) in [6.45, 7) is 7.24. The number of rotatable bonds is 5. The minimum atomic E-state index is 0.272. The van der Waals surface area contributed by atoms with E-state index in [4.69, 9.17) is 0 Å². The predicted octanol–water partition coefficient (Wildman–Crippen LogP) is 0.640. The molecule has 92 valence electrons. The Balaban J connectivity index is 1.69. The van der Waals surface area contributed by atoms with E-state index in [1.807, 2.05) is 4.90 Å². The molecule has 0 aromatic heterocycles. The van der Waals surface area contributed by atoms with E-state index >= 15 is 0 Å². The van der Waals surface area contributed by atoms with Gasteiger partial charge < -0.3 is 9.80 Å². The van der Waals surface area contributed by atoms with Crippen LogP contribution in [0, 0.1) is 0 Å². The summed E-state index contributed by atoms with van der Waals surface area (Å²) in [5.41, 5.74) is 0. The molecule has 0 radical (unpaired) electrons. The first-order valence-electron chi connectivity index (χ1n) is 6.56. The third-order valence-corrected chi connectivity index (χ3v) is 3.64. The fraction of sp³-hybridized carbons (Fsp3) is 0.917. The number of hydrogen-bond donors (Lipinski definition) is 1. The minimum Gasteiger partial charge on any atom is -0.326 e. The molecule has 0 aromatic carbocycles. The van der Waals surface area contributed by atoms with Gasteiger partial charge >= 0.3 is 0 Å². The molecule has 0 saturated carbocycles. The van der Waals surface area contributed by atoms with Crippen LogP contribution in [0.2, 0.25) is 0 Å². The van der Waals surface area contributed by atoms with Crippen molar-refractivity contribution in [2.24, 2.45) is 0 Å². The van der Waals surface area contributed by atoms with Crippen LogP contribution >= 0.6 is 0 Å². The number of hydrogen-bond acceptors (Lipinski definition) is 3. The molecule has 2 aliphatic rings. The normalized spacial score (nSPS) is 26.9. The second-order valence-corrected chi connectivity index (χ2v) is 4.79. The highest BCUT2D eigenvalue weighted by atomic mass is 16.2. The second-order valence-electron chi connectivity index (χ2n) is 4.79. The Labute approximate surface area is 98.0 Å². The first-order valence-corrected chi connectivity index (χ1v) is 6.56. The van der Waals surface area contributed by atoms with Crippen molar-refractivity contribution in [2.75, 3.05) is 32.7 Å². The van der Waals surface area contributed by atoms with Crippen molar-refractivity contribution in [1.82, 2.24) is 15.1 Å². The number of likely N-dealkylation sites (tertiary alicyclic amines) is 1. The van der Waals surface area contributed by atoms with Gasteiger partial charge in [-0.15, -0.1) is 0 Å². The van der Waals surface area contributed by atoms with Crippen LogP contribution in [0.15, 0.2) is 0 Å². The number of nitrogens with one attached hydrogen (secondary N) is 1. The maximum Gasteiger partial charge on any atom is 0.237 e. The Kier molecular flexibility index (Phi) is 4.18. The van der Waals surface area contributed by atoms with E-state index < -0.39 is 0 Å². The monoisotopic (exact) mass is 225 g/mol. The molecule has 2 aliphatic heterocycles. The molecule has 2 saturated heterocycles. The van der Waals surface area contributed by atoms with Crippen molar-refractivity contribution in [3.05, 3.63) is 0 Å². The predicted molar refractivity (Wildman–Crippen MR) is 64.1 cm³/mol. The maximum absolute atomic E-state index is 11.6. The van der Waals surface area contributed by atoms with Gasteiger partial charge in [0.15, 0.2) is 0 Å². The fourth-order valence-electron chi connectivity index (χ4n) is 2.71. The van der Waals surface area contributed by atoms with E-state index in [2.05, 4.69) is 17.1 Å². The van der Waals surface area contributed by atoms with Gasteiger partial charge in [0.05, 0.1) is 12.7 Å². The van der Waals surface area contributed by atoms with E-state index in [0.717, 1.165) is 25.9 Å². The van der Waals surface area contributed by atoms with E-state index in [0.29, 0.717) is 6.54 Å². The molecule has 4 heteroatoms. The van der Waals surface area contributed by atoms with E-state index in [1.54, 1.807) is 0 Å². The first-order chi connectivity index (χ1) is 7.81. The zero-order chi connectivity index (χ0) is 11.4. The smallest absolute Gasteiger partial charge is 0.237 e. The minimum absolute atomic E-state index is 0.272. The summed E-state index contributed by atoms with van der Waals surface area (Å²) in [6.07, 6.45) is 5.11. The Morgan fingerprint density at radius 1 is 1.31 bits per heavy atom. The first kappa shape index (κ1) is 11.9. The van der Waals surface area contributed by atoms with E-state index in [1.165, 1.54) is 25.9 Å². The van der Waals surface area contributed by atoms with Crippen LogP contribution in [0.1, 0.15) is 32.6 Å². The van der Waals surface area contributed by atoms with Gasteiger partial charge in [-0.1, -0.05) is 6.92 Å². The Bertz CT molecular complexity index is 238. The molecule has 2 fully saturated rings. The van der Waals surface area contributed by atoms with Crippen LogP contribution in [0.4, 0.5) is 0 Å². The summed E-state index contributed by atoms with van der Waals surface area (Å²) in [5.74, 6) is 0.272. The topological polar surface area (TPSA) is 35.6 Å². The van der Waals surface area contributed by atoms with Crippen molar-refractivity contribution >= 4 is 5.91 Å². The van der Waals surface area contributed by atoms with Crippen LogP contribution in [-0.4, -0.2) is 54.6 Å². The van der Waals surface area contributed by atoms with Gasteiger partial charge in [0.1, 0.15) is 0 Å². The average molecular weight is 225 g/mol. The molecule has 0 aliphatic carbocycles. The lowest BCUT2D eigenvalue weighted by molar-refractivity contribution is -0.128. The second kappa shape index (κ2) is 5.64. The van der Waals surface area contributed by atoms with Crippen LogP contribution < -0.4 is 5.32 Å². The van der Waals surface area contributed by atoms with Crippen LogP contribution in [0.5, 0.6) is 0 Å². The van der Waals surface area contributed by atoms with Crippen molar-refractivity contribution in [3.63, 3.8) is 0 Å². The van der Waals surface area contributed by atoms with Gasteiger partial charge in [-0.3, -0.25) is 10.1 Å². The van der Waals surface area contributed by atoms with Crippen molar-refractivity contribution < 1.29 is 4.79 Å². The largest absolute Gasteiger partial charge is 0.326 e. The van der Waals surface area contributed by atoms with Gasteiger partial charge in [-0.2, -0.15) is 0 Å². The van der Waals surface area contributed by atoms with Gasteiger partial charge in [0.25, 0.3) is 0 Å². The van der Waals surface area contributed by atoms with Gasteiger partial charge in [-0.25, -0.2) is 0 Å². The van der Waals surface area contributed by atoms with Crippen molar-refractivity contribution in [1.29, 1.82) is 0 Å². The Morgan fingerprint density at radius 3 is 2.75 bits per heavy atom.